The van der Waals surface area contributed by atoms with Crippen LogP contribution in [0, 0.1) is 0 Å². The molecular weight excluding hydrogens is 556 g/mol. The predicted molar refractivity (Wildman–Crippen MR) is 148 cm³/mol. The lowest BCUT2D eigenvalue weighted by Crippen LogP contribution is -2.57. The SMILES string of the molecule is NC(N)=NCCCC(NC(=O)C(N)CC(=O)O)C(=O)NC(Cc1c[nH]c2ccccc12)C(=O)NC(CC(=O)O)C(=O)O. The zero-order chi connectivity index (χ0) is 31.4. The Bertz CT molecular complexity index is 1340. The highest BCUT2D eigenvalue weighted by atomic mass is 16.4. The van der Waals surface area contributed by atoms with Crippen molar-refractivity contribution in [1.29, 1.82) is 0 Å². The number of benzene rings is 1. The average Bonchev–Trinajstić information content (AvgIpc) is 3.31. The van der Waals surface area contributed by atoms with Crippen LogP contribution in [-0.4, -0.2) is 92.6 Å². The molecule has 0 saturated carbocycles. The third kappa shape index (κ3) is 10.4. The number of nitrogens with two attached hydrogens (primary N) is 3. The van der Waals surface area contributed by atoms with Gasteiger partial charge in [0.15, 0.2) is 5.96 Å². The first-order valence-electron chi connectivity index (χ1n) is 12.7. The first-order valence-corrected chi connectivity index (χ1v) is 12.7. The molecule has 17 nitrogen and oxygen atoms in total. The highest BCUT2D eigenvalue weighted by Gasteiger charge is 2.32. The molecule has 0 aliphatic carbocycles. The van der Waals surface area contributed by atoms with Gasteiger partial charge in [0.2, 0.25) is 17.7 Å². The number of aliphatic carboxylic acids is 3. The van der Waals surface area contributed by atoms with Crippen molar-refractivity contribution in [2.45, 2.75) is 56.3 Å². The lowest BCUT2D eigenvalue weighted by atomic mass is 10.0. The molecule has 0 aliphatic rings. The number of aromatic nitrogens is 1. The number of nitrogens with zero attached hydrogens (tertiary/aromatic N) is 1. The maximum Gasteiger partial charge on any atom is 0.326 e. The van der Waals surface area contributed by atoms with Crippen molar-refractivity contribution >= 4 is 52.5 Å². The van der Waals surface area contributed by atoms with E-state index in [0.717, 1.165) is 5.52 Å². The van der Waals surface area contributed by atoms with E-state index in [2.05, 4.69) is 25.9 Å². The largest absolute Gasteiger partial charge is 0.481 e. The number of aromatic amines is 1. The van der Waals surface area contributed by atoms with Crippen LogP contribution < -0.4 is 33.2 Å². The van der Waals surface area contributed by atoms with Crippen molar-refractivity contribution in [3.8, 4) is 0 Å². The number of hydrogen-bond acceptors (Lipinski definition) is 8. The predicted octanol–water partition coefficient (Wildman–Crippen LogP) is -2.42. The molecule has 0 radical (unpaired) electrons. The van der Waals surface area contributed by atoms with Gasteiger partial charge in [0.25, 0.3) is 0 Å². The van der Waals surface area contributed by atoms with Crippen LogP contribution in [0.2, 0.25) is 0 Å². The van der Waals surface area contributed by atoms with E-state index in [9.17, 15) is 33.9 Å². The van der Waals surface area contributed by atoms with Gasteiger partial charge in [-0.1, -0.05) is 18.2 Å². The standard InChI is InChI=1S/C25H34N8O9/c26-14(9-19(34)35)21(38)31-16(6-3-7-29-25(27)28)22(39)32-17(23(40)33-18(24(41)42)10-20(36)37)8-12-11-30-15-5-2-1-4-13(12)15/h1-2,4-5,11,14,16-18,30H,3,6-10,26H2,(H,31,38)(H,32,39)(H,33,40)(H,34,35)(H,36,37)(H,41,42)(H4,27,28,29). The summed E-state index contributed by atoms with van der Waals surface area (Å²) in [6.07, 6.45) is -0.0356. The Morgan fingerprint density at radius 2 is 1.43 bits per heavy atom. The number of amides is 3. The third-order valence-electron chi connectivity index (χ3n) is 6.03. The van der Waals surface area contributed by atoms with Gasteiger partial charge in [-0.15, -0.1) is 0 Å². The van der Waals surface area contributed by atoms with E-state index in [1.54, 1.807) is 30.5 Å². The van der Waals surface area contributed by atoms with Crippen LogP contribution in [0.15, 0.2) is 35.5 Å². The quantitative estimate of drug-likeness (QED) is 0.0523. The molecule has 2 aromatic rings. The molecule has 42 heavy (non-hydrogen) atoms. The number of fused-ring (bicyclic) bond motifs is 1. The van der Waals surface area contributed by atoms with E-state index in [0.29, 0.717) is 10.9 Å². The number of carboxylic acids is 3. The molecule has 13 N–H and O–H groups in total. The van der Waals surface area contributed by atoms with Gasteiger partial charge in [0.1, 0.15) is 18.1 Å². The Morgan fingerprint density at radius 3 is 2.05 bits per heavy atom. The van der Waals surface area contributed by atoms with Gasteiger partial charge in [-0.3, -0.25) is 29.0 Å². The second-order valence-electron chi connectivity index (χ2n) is 9.34. The molecule has 0 fully saturated rings. The summed E-state index contributed by atoms with van der Waals surface area (Å²) in [7, 11) is 0. The smallest absolute Gasteiger partial charge is 0.326 e. The van der Waals surface area contributed by atoms with Gasteiger partial charge in [0, 0.05) is 30.1 Å². The number of nitrogens with one attached hydrogen (secondary N) is 4. The van der Waals surface area contributed by atoms with Crippen molar-refractivity contribution in [3.05, 3.63) is 36.0 Å². The molecule has 1 aromatic carbocycles. The van der Waals surface area contributed by atoms with Gasteiger partial charge >= 0.3 is 17.9 Å². The fourth-order valence-corrected chi connectivity index (χ4v) is 3.98. The first kappa shape index (κ1) is 33.0. The molecule has 17 heteroatoms. The molecule has 0 saturated heterocycles. The van der Waals surface area contributed by atoms with E-state index < -0.39 is 72.6 Å². The molecule has 0 bridgehead atoms. The number of carboxylic acid groups (broad SMARTS) is 3. The van der Waals surface area contributed by atoms with Gasteiger partial charge in [0.05, 0.1) is 18.9 Å². The zero-order valence-corrected chi connectivity index (χ0v) is 22.4. The lowest BCUT2D eigenvalue weighted by molar-refractivity contribution is -0.147. The Labute approximate surface area is 238 Å². The number of carbonyl (C=O) groups excluding carboxylic acids is 3. The summed E-state index contributed by atoms with van der Waals surface area (Å²) in [6, 6.07) is 1.07. The maximum atomic E-state index is 13.4. The van der Waals surface area contributed by atoms with Crippen molar-refractivity contribution in [2.75, 3.05) is 6.54 Å². The van der Waals surface area contributed by atoms with Crippen LogP contribution in [0.3, 0.4) is 0 Å². The number of H-pyrrole nitrogens is 1. The molecule has 0 aliphatic heterocycles. The van der Waals surface area contributed by atoms with E-state index in [4.69, 9.17) is 27.4 Å². The van der Waals surface area contributed by atoms with Crippen LogP contribution in [-0.2, 0) is 35.2 Å². The summed E-state index contributed by atoms with van der Waals surface area (Å²) >= 11 is 0. The number of para-hydroxylation sites is 1. The zero-order valence-electron chi connectivity index (χ0n) is 22.4. The van der Waals surface area contributed by atoms with Gasteiger partial charge in [-0.25, -0.2) is 4.79 Å². The van der Waals surface area contributed by atoms with Gasteiger partial charge < -0.3 is 53.5 Å². The Balaban J connectivity index is 2.34. The highest BCUT2D eigenvalue weighted by molar-refractivity contribution is 5.96. The Kier molecular flexibility index (Phi) is 12.2. The van der Waals surface area contributed by atoms with Crippen molar-refractivity contribution in [1.82, 2.24) is 20.9 Å². The average molecular weight is 591 g/mol. The van der Waals surface area contributed by atoms with Crippen molar-refractivity contribution in [2.24, 2.45) is 22.2 Å². The van der Waals surface area contributed by atoms with Crippen LogP contribution in [0.1, 0.15) is 31.2 Å². The molecule has 3 amide bonds. The third-order valence-corrected chi connectivity index (χ3v) is 6.03. The molecular formula is C25H34N8O9. The summed E-state index contributed by atoms with van der Waals surface area (Å²) in [4.78, 5) is 79.7. The number of rotatable bonds is 17. The van der Waals surface area contributed by atoms with Gasteiger partial charge in [-0.05, 0) is 24.5 Å². The monoisotopic (exact) mass is 590 g/mol. The molecule has 1 heterocycles. The topological polar surface area (TPSA) is 305 Å². The second-order valence-corrected chi connectivity index (χ2v) is 9.34. The van der Waals surface area contributed by atoms with E-state index in [1.807, 2.05) is 0 Å². The number of carbonyl (C=O) groups is 6. The van der Waals surface area contributed by atoms with Crippen LogP contribution >= 0.6 is 0 Å². The van der Waals surface area contributed by atoms with Crippen LogP contribution in [0.25, 0.3) is 10.9 Å². The molecule has 4 unspecified atom stereocenters. The summed E-state index contributed by atoms with van der Waals surface area (Å²) in [5.41, 5.74) is 17.6. The second kappa shape index (κ2) is 15.6. The number of aliphatic imine (C=N–C) groups is 1. The molecule has 228 valence electrons. The summed E-state index contributed by atoms with van der Waals surface area (Å²) in [5.74, 6) is -7.41. The summed E-state index contributed by atoms with van der Waals surface area (Å²) < 4.78 is 0. The van der Waals surface area contributed by atoms with E-state index in [-0.39, 0.29) is 31.8 Å². The molecule has 4 atom stereocenters. The molecule has 2 rings (SSSR count). The number of guanidine groups is 1. The maximum absolute atomic E-state index is 13.4. The molecule has 1 aromatic heterocycles. The fraction of sp³-hybridized carbons (Fsp3) is 0.400. The van der Waals surface area contributed by atoms with Crippen molar-refractivity contribution < 1.29 is 44.1 Å². The van der Waals surface area contributed by atoms with Crippen LogP contribution in [0.4, 0.5) is 0 Å². The Morgan fingerprint density at radius 1 is 0.833 bits per heavy atom. The van der Waals surface area contributed by atoms with Crippen molar-refractivity contribution in [3.63, 3.8) is 0 Å². The summed E-state index contributed by atoms with van der Waals surface area (Å²) in [6.45, 7) is 0.0812. The lowest BCUT2D eigenvalue weighted by Gasteiger charge is -2.25. The minimum atomic E-state index is -1.79. The minimum Gasteiger partial charge on any atom is -0.481 e. The van der Waals surface area contributed by atoms with E-state index in [1.165, 1.54) is 0 Å². The van der Waals surface area contributed by atoms with E-state index >= 15 is 0 Å². The fourth-order valence-electron chi connectivity index (χ4n) is 3.98. The highest BCUT2D eigenvalue weighted by Crippen LogP contribution is 2.19. The summed E-state index contributed by atoms with van der Waals surface area (Å²) in [5, 5.41) is 35.1. The normalized spacial score (nSPS) is 13.6. The Hall–Kier alpha value is -5.19. The van der Waals surface area contributed by atoms with Crippen LogP contribution in [0.5, 0.6) is 0 Å². The number of hydrogen-bond donors (Lipinski definition) is 10. The van der Waals surface area contributed by atoms with Gasteiger partial charge in [-0.2, -0.15) is 0 Å². The first-order chi connectivity index (χ1) is 19.8. The molecule has 0 spiro atoms. The minimum absolute atomic E-state index is 0.0493.